The van der Waals surface area contributed by atoms with Gasteiger partial charge in [0.1, 0.15) is 54.1 Å². The number of aliphatic hydroxyl groups excluding tert-OH is 1. The molecule has 0 aliphatic heterocycles. The highest BCUT2D eigenvalue weighted by Gasteiger charge is 2.37. The Morgan fingerprint density at radius 3 is 1.57 bits per heavy atom. The number of hydrogen-bond acceptors (Lipinski definition) is 14. The van der Waals surface area contributed by atoms with Gasteiger partial charge < -0.3 is 74.0 Å². The van der Waals surface area contributed by atoms with Crippen molar-refractivity contribution in [2.75, 3.05) is 13.2 Å². The molecule has 9 atom stereocenters. The number of phenols is 1. The van der Waals surface area contributed by atoms with Crippen LogP contribution in [0.4, 0.5) is 0 Å². The molecule has 10 amide bonds. The van der Waals surface area contributed by atoms with Crippen molar-refractivity contribution in [3.05, 3.63) is 29.8 Å². The maximum atomic E-state index is 13.8. The van der Waals surface area contributed by atoms with Crippen molar-refractivity contribution in [2.24, 2.45) is 23.5 Å². The lowest BCUT2D eigenvalue weighted by Crippen LogP contribution is -2.62. The second kappa shape index (κ2) is 29.5. The highest BCUT2D eigenvalue weighted by molar-refractivity contribution is 5.99. The Morgan fingerprint density at radius 2 is 1.09 bits per heavy atom. The molecule has 0 aromatic heterocycles. The zero-order valence-electron chi connectivity index (χ0n) is 40.4. The molecule has 0 saturated carbocycles. The topological polar surface area (TPSA) is 420 Å². The molecule has 70 heavy (non-hydrogen) atoms. The molecule has 0 unspecified atom stereocenters. The van der Waals surface area contributed by atoms with Crippen molar-refractivity contribution >= 4 is 71.0 Å². The normalized spacial score (nSPS) is 14.8. The Morgan fingerprint density at radius 1 is 0.586 bits per heavy atom. The van der Waals surface area contributed by atoms with E-state index in [1.807, 2.05) is 0 Å². The number of aliphatic hydroxyl groups is 1. The van der Waals surface area contributed by atoms with Gasteiger partial charge in [-0.2, -0.15) is 0 Å². The van der Waals surface area contributed by atoms with E-state index in [9.17, 15) is 78.0 Å². The zero-order valence-corrected chi connectivity index (χ0v) is 40.4. The van der Waals surface area contributed by atoms with Gasteiger partial charge in [0.05, 0.1) is 26.0 Å². The third kappa shape index (κ3) is 21.7. The predicted molar refractivity (Wildman–Crippen MR) is 246 cm³/mol. The van der Waals surface area contributed by atoms with Crippen LogP contribution in [0, 0.1) is 17.8 Å². The molecule has 0 aliphatic rings. The van der Waals surface area contributed by atoms with Gasteiger partial charge in [-0.05, 0) is 48.8 Å². The van der Waals surface area contributed by atoms with Crippen LogP contribution < -0.4 is 53.6 Å². The van der Waals surface area contributed by atoms with Crippen molar-refractivity contribution < 1.29 is 78.0 Å². The number of benzene rings is 1. The minimum atomic E-state index is -1.87. The Balaban J connectivity index is 3.10. The quantitative estimate of drug-likeness (QED) is 0.0351. The molecule has 15 N–H and O–H groups in total. The number of phenolic OH excluding ortho intramolecular Hbond substituents is 1. The average molecular weight is 993 g/mol. The van der Waals surface area contributed by atoms with Gasteiger partial charge in [-0.15, -0.1) is 0 Å². The lowest BCUT2D eigenvalue weighted by Gasteiger charge is -2.30. The molecule has 0 radical (unpaired) electrons. The van der Waals surface area contributed by atoms with Crippen LogP contribution in [-0.4, -0.2) is 153 Å². The van der Waals surface area contributed by atoms with Crippen LogP contribution in [-0.2, 0) is 64.0 Å². The first-order valence-corrected chi connectivity index (χ1v) is 22.4. The highest BCUT2D eigenvalue weighted by Crippen LogP contribution is 2.14. The van der Waals surface area contributed by atoms with Crippen LogP contribution in [0.2, 0.25) is 0 Å². The number of nitrogens with two attached hydrogens (primary N) is 1. The number of aliphatic carboxylic acids is 2. The molecule has 1 aromatic rings. The minimum Gasteiger partial charge on any atom is -0.508 e. The van der Waals surface area contributed by atoms with Crippen LogP contribution in [0.5, 0.6) is 5.75 Å². The number of carbonyl (C=O) groups is 12. The number of nitrogens with one attached hydrogen (secondary N) is 9. The fourth-order valence-electron chi connectivity index (χ4n) is 6.49. The van der Waals surface area contributed by atoms with Gasteiger partial charge in [0, 0.05) is 13.3 Å². The van der Waals surface area contributed by atoms with Crippen LogP contribution >= 0.6 is 0 Å². The number of rotatable bonds is 30. The van der Waals surface area contributed by atoms with Crippen molar-refractivity contribution in [3.8, 4) is 5.75 Å². The first-order chi connectivity index (χ1) is 32.6. The van der Waals surface area contributed by atoms with Gasteiger partial charge in [0.25, 0.3) is 0 Å². The van der Waals surface area contributed by atoms with E-state index >= 15 is 0 Å². The molecule has 0 aliphatic carbocycles. The van der Waals surface area contributed by atoms with E-state index in [-0.39, 0.29) is 30.9 Å². The molecule has 0 fully saturated rings. The summed E-state index contributed by atoms with van der Waals surface area (Å²) in [6.07, 6.45) is -1.68. The fourth-order valence-corrected chi connectivity index (χ4v) is 6.49. The van der Waals surface area contributed by atoms with E-state index in [0.29, 0.717) is 5.56 Å². The van der Waals surface area contributed by atoms with Gasteiger partial charge >= 0.3 is 11.9 Å². The highest BCUT2D eigenvalue weighted by atomic mass is 16.4. The van der Waals surface area contributed by atoms with Gasteiger partial charge in [-0.1, -0.05) is 60.1 Å². The molecule has 0 heterocycles. The van der Waals surface area contributed by atoms with Gasteiger partial charge in [0.2, 0.25) is 59.1 Å². The minimum absolute atomic E-state index is 0.0111. The summed E-state index contributed by atoms with van der Waals surface area (Å²) >= 11 is 0. The maximum absolute atomic E-state index is 13.8. The monoisotopic (exact) mass is 992 g/mol. The summed E-state index contributed by atoms with van der Waals surface area (Å²) in [5.41, 5.74) is 5.93. The van der Waals surface area contributed by atoms with Gasteiger partial charge in [-0.3, -0.25) is 52.7 Å². The van der Waals surface area contributed by atoms with E-state index in [1.54, 1.807) is 39.8 Å². The van der Waals surface area contributed by atoms with E-state index in [1.165, 1.54) is 39.8 Å². The number of carboxylic acid groups (broad SMARTS) is 2. The molecule has 0 bridgehead atoms. The van der Waals surface area contributed by atoms with Crippen LogP contribution in [0.25, 0.3) is 0 Å². The Hall–Kier alpha value is -7.38. The zero-order chi connectivity index (χ0) is 53.6. The van der Waals surface area contributed by atoms with E-state index in [0.717, 1.165) is 0 Å². The Bertz CT molecular complexity index is 2050. The summed E-state index contributed by atoms with van der Waals surface area (Å²) in [5, 5.41) is 59.5. The number of primary amides is 1. The first-order valence-electron chi connectivity index (χ1n) is 22.4. The summed E-state index contributed by atoms with van der Waals surface area (Å²) < 4.78 is 0. The van der Waals surface area contributed by atoms with Gasteiger partial charge in [0.15, 0.2) is 0 Å². The summed E-state index contributed by atoms with van der Waals surface area (Å²) in [4.78, 5) is 153. The van der Waals surface area contributed by atoms with Gasteiger partial charge in [-0.25, -0.2) is 4.79 Å². The lowest BCUT2D eigenvalue weighted by molar-refractivity contribution is -0.144. The molecule has 0 spiro atoms. The predicted octanol–water partition coefficient (Wildman–Crippen LogP) is -3.86. The fraction of sp³-hybridized carbons (Fsp3) is 0.591. The number of aromatic hydroxyl groups is 1. The molecule has 26 nitrogen and oxygen atoms in total. The van der Waals surface area contributed by atoms with Crippen molar-refractivity contribution in [3.63, 3.8) is 0 Å². The third-order valence-corrected chi connectivity index (χ3v) is 10.5. The second-order valence-corrected chi connectivity index (χ2v) is 17.4. The summed E-state index contributed by atoms with van der Waals surface area (Å²) in [6, 6.07) is -6.19. The Kier molecular flexibility index (Phi) is 25.5. The van der Waals surface area contributed by atoms with Crippen molar-refractivity contribution in [1.29, 1.82) is 0 Å². The molecular formula is C44H68N10O16. The number of amides is 10. The SMILES string of the molecule is CC[C@H](C)[C@H](NC(=O)[C@@H](NC(=O)[C@H](CO)NC(=O)CNC(=O)[C@H](C)NC(=O)[C@H](Cc1ccc(O)cc1)NC(C)=O)C(C)C)C(=O)N[C@@H](CC(N)=O)C(=O)N[C@@H](CC(=O)O)C(=O)N[C@@H](CC(C)C)C(=O)O. The van der Waals surface area contributed by atoms with Crippen molar-refractivity contribution in [2.45, 2.75) is 136 Å². The van der Waals surface area contributed by atoms with Crippen LogP contribution in [0.1, 0.15) is 86.6 Å². The maximum Gasteiger partial charge on any atom is 0.326 e. The van der Waals surface area contributed by atoms with Crippen LogP contribution in [0.3, 0.4) is 0 Å². The summed E-state index contributed by atoms with van der Waals surface area (Å²) in [6.45, 7) is 10.4. The largest absolute Gasteiger partial charge is 0.508 e. The van der Waals surface area contributed by atoms with Crippen molar-refractivity contribution in [1.82, 2.24) is 47.9 Å². The molecule has 1 aromatic carbocycles. The third-order valence-electron chi connectivity index (χ3n) is 10.5. The standard InChI is InChI=1S/C44H68N10O16/c1-9-22(6)36(43(68)51-28(16-32(45)58)39(64)50-29(17-34(60)61)40(65)52-30(44(69)70)14-20(2)3)54-42(67)35(21(4)5)53-41(66)31(19-55)49-33(59)18-46-37(62)23(7)47-38(63)27(48-24(8)56)15-25-10-12-26(57)13-11-25/h10-13,20-23,27-31,35-36,55,57H,9,14-19H2,1-8H3,(H2,45,58)(H,46,62)(H,47,63)(H,48,56)(H,49,59)(H,50,64)(H,51,68)(H,52,65)(H,53,66)(H,54,67)(H,60,61)(H,69,70)/t22-,23-,27-,28-,29-,30-,31-,35-,36-/m0/s1. The molecule has 390 valence electrons. The second-order valence-electron chi connectivity index (χ2n) is 17.4. The number of hydrogen-bond donors (Lipinski definition) is 14. The first kappa shape index (κ1) is 60.6. The van der Waals surface area contributed by atoms with E-state index in [4.69, 9.17) is 5.73 Å². The number of carboxylic acids is 2. The average Bonchev–Trinajstić information content (AvgIpc) is 3.26. The molecule has 0 saturated heterocycles. The molecule has 26 heteroatoms. The number of carbonyl (C=O) groups excluding carboxylic acids is 10. The molecule has 1 rings (SSSR count). The smallest absolute Gasteiger partial charge is 0.326 e. The summed E-state index contributed by atoms with van der Waals surface area (Å²) in [5.74, 6) is -14.3. The van der Waals surface area contributed by atoms with E-state index in [2.05, 4.69) is 47.9 Å². The van der Waals surface area contributed by atoms with Crippen LogP contribution in [0.15, 0.2) is 24.3 Å². The Labute approximate surface area is 404 Å². The van der Waals surface area contributed by atoms with E-state index < -0.39 is 157 Å². The summed E-state index contributed by atoms with van der Waals surface area (Å²) in [7, 11) is 0. The molecular weight excluding hydrogens is 925 g/mol. The lowest BCUT2D eigenvalue weighted by atomic mass is 9.95.